The number of hydrogen-bond donors (Lipinski definition) is 2. The second-order valence-corrected chi connectivity index (χ2v) is 2.01. The van der Waals surface area contributed by atoms with Crippen LogP contribution in [0.25, 0.3) is 0 Å². The Labute approximate surface area is 65.0 Å². The molecular weight excluding hydrogens is 148 g/mol. The van der Waals surface area contributed by atoms with Crippen LogP contribution in [0.4, 0.5) is 0 Å². The molecule has 11 heavy (non-hydrogen) atoms. The highest BCUT2D eigenvalue weighted by atomic mass is 16.6. The fourth-order valence-electron chi connectivity index (χ4n) is 0.426. The molecule has 0 aliphatic rings. The number of hydrogen-bond acceptors (Lipinski definition) is 4. The van der Waals surface area contributed by atoms with E-state index < -0.39 is 0 Å². The number of nitrogens with one attached hydrogen (secondary N) is 1. The van der Waals surface area contributed by atoms with Crippen LogP contribution in [-0.2, 0) is 9.63 Å². The fraction of sp³-hybridized carbons (Fsp3) is 0.667. The van der Waals surface area contributed by atoms with Crippen molar-refractivity contribution in [3.05, 3.63) is 0 Å². The third-order valence-electron chi connectivity index (χ3n) is 0.938. The molecule has 64 valence electrons. The van der Waals surface area contributed by atoms with E-state index in [0.29, 0.717) is 0 Å². The maximum Gasteiger partial charge on any atom is 0.266 e. The van der Waals surface area contributed by atoms with Crippen LogP contribution >= 0.6 is 0 Å². The van der Waals surface area contributed by atoms with E-state index in [0.717, 1.165) is 6.21 Å². The molecule has 0 aromatic rings. The first kappa shape index (κ1) is 9.90. The van der Waals surface area contributed by atoms with Gasteiger partial charge in [0.05, 0.1) is 6.61 Å². The van der Waals surface area contributed by atoms with E-state index in [4.69, 9.17) is 5.11 Å². The van der Waals surface area contributed by atoms with Gasteiger partial charge in [0.1, 0.15) is 13.3 Å². The lowest BCUT2D eigenvalue weighted by Gasteiger charge is -2.06. The molecule has 5 nitrogen and oxygen atoms in total. The number of nitrogens with zero attached hydrogens (tertiary/aromatic N) is 1. The van der Waals surface area contributed by atoms with Crippen molar-refractivity contribution in [3.63, 3.8) is 0 Å². The molecule has 2 N–H and O–H groups in total. The van der Waals surface area contributed by atoms with E-state index in [1.165, 1.54) is 7.11 Å². The minimum Gasteiger partial charge on any atom is -0.399 e. The third kappa shape index (κ3) is 5.35. The lowest BCUT2D eigenvalue weighted by molar-refractivity contribution is -0.115. The standard InChI is InChI=1S/C6H12N2O3/c1-5(4-9)8-6(10)3-7-11-2/h3,5,9H,4H2,1-2H3,(H,8,10)/b7-3+. The summed E-state index contributed by atoms with van der Waals surface area (Å²) in [5.41, 5.74) is 0. The van der Waals surface area contributed by atoms with Crippen molar-refractivity contribution in [2.45, 2.75) is 13.0 Å². The maximum absolute atomic E-state index is 10.7. The summed E-state index contributed by atoms with van der Waals surface area (Å²) >= 11 is 0. The van der Waals surface area contributed by atoms with Gasteiger partial charge in [-0.1, -0.05) is 5.16 Å². The fourth-order valence-corrected chi connectivity index (χ4v) is 0.426. The number of amides is 1. The molecular formula is C6H12N2O3. The zero-order valence-corrected chi connectivity index (χ0v) is 6.57. The van der Waals surface area contributed by atoms with Gasteiger partial charge in [-0.3, -0.25) is 4.79 Å². The highest BCUT2D eigenvalue weighted by Gasteiger charge is 2.01. The van der Waals surface area contributed by atoms with E-state index in [-0.39, 0.29) is 18.6 Å². The summed E-state index contributed by atoms with van der Waals surface area (Å²) in [4.78, 5) is 15.0. The Bertz CT molecular complexity index is 147. The maximum atomic E-state index is 10.7. The molecule has 0 radical (unpaired) electrons. The highest BCUT2D eigenvalue weighted by molar-refractivity contribution is 6.26. The van der Waals surface area contributed by atoms with Gasteiger partial charge in [-0.05, 0) is 6.92 Å². The van der Waals surface area contributed by atoms with Crippen LogP contribution in [0.1, 0.15) is 6.92 Å². The summed E-state index contributed by atoms with van der Waals surface area (Å²) in [6.07, 6.45) is 1.01. The normalized spacial score (nSPS) is 13.0. The average molecular weight is 160 g/mol. The molecule has 0 heterocycles. The zero-order chi connectivity index (χ0) is 8.69. The Morgan fingerprint density at radius 1 is 1.91 bits per heavy atom. The van der Waals surface area contributed by atoms with Crippen LogP contribution in [-0.4, -0.2) is 37.0 Å². The Morgan fingerprint density at radius 3 is 3.00 bits per heavy atom. The van der Waals surface area contributed by atoms with E-state index in [9.17, 15) is 4.79 Å². The first-order valence-electron chi connectivity index (χ1n) is 3.18. The van der Waals surface area contributed by atoms with Gasteiger partial charge >= 0.3 is 0 Å². The minimum absolute atomic E-state index is 0.0907. The number of oxime groups is 1. The van der Waals surface area contributed by atoms with Crippen molar-refractivity contribution < 1.29 is 14.7 Å². The van der Waals surface area contributed by atoms with Crippen molar-refractivity contribution in [1.29, 1.82) is 0 Å². The second-order valence-electron chi connectivity index (χ2n) is 2.01. The highest BCUT2D eigenvalue weighted by Crippen LogP contribution is 1.76. The second kappa shape index (κ2) is 5.67. The molecule has 1 amide bonds. The van der Waals surface area contributed by atoms with Gasteiger partial charge in [-0.15, -0.1) is 0 Å². The number of carbonyl (C=O) groups is 1. The van der Waals surface area contributed by atoms with Gasteiger partial charge < -0.3 is 15.3 Å². The predicted molar refractivity (Wildman–Crippen MR) is 40.2 cm³/mol. The number of aliphatic hydroxyl groups excluding tert-OH is 1. The van der Waals surface area contributed by atoms with Crippen molar-refractivity contribution in [1.82, 2.24) is 5.32 Å². The first-order chi connectivity index (χ1) is 5.20. The summed E-state index contributed by atoms with van der Waals surface area (Å²) in [6, 6.07) is -0.259. The van der Waals surface area contributed by atoms with Crippen molar-refractivity contribution >= 4 is 12.1 Å². The van der Waals surface area contributed by atoms with Gasteiger partial charge in [-0.2, -0.15) is 0 Å². The molecule has 1 atom stereocenters. The van der Waals surface area contributed by atoms with Gasteiger partial charge in [0.2, 0.25) is 0 Å². The van der Waals surface area contributed by atoms with Crippen LogP contribution in [0.3, 0.4) is 0 Å². The van der Waals surface area contributed by atoms with Gasteiger partial charge in [0.15, 0.2) is 0 Å². The molecule has 1 unspecified atom stereocenters. The molecule has 0 aliphatic heterocycles. The van der Waals surface area contributed by atoms with E-state index in [1.54, 1.807) is 6.92 Å². The Balaban J connectivity index is 3.60. The number of aliphatic hydroxyl groups is 1. The topological polar surface area (TPSA) is 70.9 Å². The van der Waals surface area contributed by atoms with Crippen LogP contribution < -0.4 is 5.32 Å². The largest absolute Gasteiger partial charge is 0.399 e. The van der Waals surface area contributed by atoms with Gasteiger partial charge in [0.25, 0.3) is 5.91 Å². The van der Waals surface area contributed by atoms with Crippen LogP contribution in [0.5, 0.6) is 0 Å². The summed E-state index contributed by atoms with van der Waals surface area (Å²) in [5.74, 6) is -0.381. The monoisotopic (exact) mass is 160 g/mol. The molecule has 0 spiro atoms. The molecule has 0 bridgehead atoms. The zero-order valence-electron chi connectivity index (χ0n) is 6.57. The van der Waals surface area contributed by atoms with E-state index in [1.807, 2.05) is 0 Å². The lowest BCUT2D eigenvalue weighted by atomic mass is 10.3. The molecule has 0 rings (SSSR count). The minimum atomic E-state index is -0.381. The average Bonchev–Trinajstić information content (AvgIpc) is 2.00. The van der Waals surface area contributed by atoms with Crippen LogP contribution in [0.15, 0.2) is 5.16 Å². The Morgan fingerprint density at radius 2 is 2.55 bits per heavy atom. The molecule has 0 aromatic heterocycles. The van der Waals surface area contributed by atoms with Crippen LogP contribution in [0.2, 0.25) is 0 Å². The first-order valence-corrected chi connectivity index (χ1v) is 3.18. The Hall–Kier alpha value is -1.10. The summed E-state index contributed by atoms with van der Waals surface area (Å²) in [7, 11) is 1.35. The predicted octanol–water partition coefficient (Wildman–Crippen LogP) is -0.884. The SMILES string of the molecule is CO/N=C/C(=O)NC(C)CO. The molecule has 0 saturated carbocycles. The molecule has 0 aliphatic carbocycles. The summed E-state index contributed by atoms with van der Waals surface area (Å²) in [5, 5.41) is 14.2. The van der Waals surface area contributed by atoms with E-state index in [2.05, 4.69) is 15.3 Å². The van der Waals surface area contributed by atoms with Gasteiger partial charge in [-0.25, -0.2) is 0 Å². The van der Waals surface area contributed by atoms with Gasteiger partial charge in [0, 0.05) is 6.04 Å². The number of rotatable bonds is 4. The quantitative estimate of drug-likeness (QED) is 0.414. The molecule has 0 saturated heterocycles. The Kier molecular flexibility index (Phi) is 5.10. The molecule has 5 heteroatoms. The van der Waals surface area contributed by atoms with Crippen LogP contribution in [0, 0.1) is 0 Å². The van der Waals surface area contributed by atoms with Crippen molar-refractivity contribution in [2.24, 2.45) is 5.16 Å². The lowest BCUT2D eigenvalue weighted by Crippen LogP contribution is -2.35. The smallest absolute Gasteiger partial charge is 0.266 e. The molecule has 0 fully saturated rings. The summed E-state index contributed by atoms with van der Waals surface area (Å²) < 4.78 is 0. The molecule has 0 aromatic carbocycles. The van der Waals surface area contributed by atoms with Crippen molar-refractivity contribution in [3.8, 4) is 0 Å². The van der Waals surface area contributed by atoms with E-state index >= 15 is 0 Å². The van der Waals surface area contributed by atoms with Crippen molar-refractivity contribution in [2.75, 3.05) is 13.7 Å². The third-order valence-corrected chi connectivity index (χ3v) is 0.938. The number of carbonyl (C=O) groups excluding carboxylic acids is 1. The summed E-state index contributed by atoms with van der Waals surface area (Å²) in [6.45, 7) is 1.59.